The van der Waals surface area contributed by atoms with E-state index in [1.54, 1.807) is 0 Å². The lowest BCUT2D eigenvalue weighted by Crippen LogP contribution is -2.32. The minimum atomic E-state index is 0.296. The third-order valence-electron chi connectivity index (χ3n) is 4.79. The molecular weight excluding hydrogens is 332 g/mol. The van der Waals surface area contributed by atoms with Crippen LogP contribution in [0.2, 0.25) is 0 Å². The molecule has 27 heavy (non-hydrogen) atoms. The van der Waals surface area contributed by atoms with Gasteiger partial charge < -0.3 is 10.2 Å². The van der Waals surface area contributed by atoms with Gasteiger partial charge in [-0.2, -0.15) is 4.98 Å². The van der Waals surface area contributed by atoms with Gasteiger partial charge in [-0.25, -0.2) is 4.98 Å². The lowest BCUT2D eigenvalue weighted by Gasteiger charge is -2.27. The summed E-state index contributed by atoms with van der Waals surface area (Å²) < 4.78 is 0. The van der Waals surface area contributed by atoms with Gasteiger partial charge >= 0.3 is 0 Å². The molecule has 0 aliphatic heterocycles. The van der Waals surface area contributed by atoms with Crippen LogP contribution in [0, 0.1) is 0 Å². The predicted molar refractivity (Wildman–Crippen MR) is 112 cm³/mol. The monoisotopic (exact) mass is 358 g/mol. The summed E-state index contributed by atoms with van der Waals surface area (Å²) in [6, 6.07) is 23.8. The lowest BCUT2D eigenvalue weighted by atomic mass is 10.1. The fourth-order valence-corrected chi connectivity index (χ4v) is 3.09. The molecule has 1 aliphatic rings. The first-order chi connectivity index (χ1) is 13.2. The molecule has 0 atom stereocenters. The minimum absolute atomic E-state index is 0.296. The van der Waals surface area contributed by atoms with Gasteiger partial charge in [-0.1, -0.05) is 60.7 Å². The molecule has 4 rings (SSSR count). The molecule has 1 aliphatic carbocycles. The molecule has 0 bridgehead atoms. The van der Waals surface area contributed by atoms with Crippen LogP contribution in [0.25, 0.3) is 11.3 Å². The molecule has 0 saturated heterocycles. The van der Waals surface area contributed by atoms with Crippen LogP contribution in [0.4, 0.5) is 11.8 Å². The van der Waals surface area contributed by atoms with E-state index < -0.39 is 0 Å². The van der Waals surface area contributed by atoms with Crippen molar-refractivity contribution >= 4 is 11.8 Å². The summed E-state index contributed by atoms with van der Waals surface area (Å²) in [5.41, 5.74) is 3.34. The van der Waals surface area contributed by atoms with Crippen molar-refractivity contribution < 1.29 is 0 Å². The van der Waals surface area contributed by atoms with E-state index in [-0.39, 0.29) is 0 Å². The number of hydrogen-bond acceptors (Lipinski definition) is 4. The smallest absolute Gasteiger partial charge is 0.228 e. The highest BCUT2D eigenvalue weighted by Gasteiger charge is 2.23. The highest BCUT2D eigenvalue weighted by Crippen LogP contribution is 2.28. The highest BCUT2D eigenvalue weighted by atomic mass is 15.3. The van der Waals surface area contributed by atoms with Gasteiger partial charge in [0, 0.05) is 30.3 Å². The van der Waals surface area contributed by atoms with Crippen LogP contribution in [0.1, 0.15) is 32.3 Å². The molecule has 1 heterocycles. The van der Waals surface area contributed by atoms with Crippen molar-refractivity contribution in [3.63, 3.8) is 0 Å². The van der Waals surface area contributed by atoms with Gasteiger partial charge in [0.25, 0.3) is 0 Å². The molecule has 0 unspecified atom stereocenters. The molecule has 1 fully saturated rings. The Balaban J connectivity index is 1.72. The molecule has 4 heteroatoms. The van der Waals surface area contributed by atoms with Crippen LogP contribution >= 0.6 is 0 Å². The number of hydrogen-bond donors (Lipinski definition) is 1. The summed E-state index contributed by atoms with van der Waals surface area (Å²) in [5.74, 6) is 1.69. The maximum absolute atomic E-state index is 4.92. The maximum Gasteiger partial charge on any atom is 0.228 e. The second kappa shape index (κ2) is 7.78. The first kappa shape index (κ1) is 17.5. The zero-order chi connectivity index (χ0) is 18.6. The first-order valence-electron chi connectivity index (χ1n) is 9.70. The summed E-state index contributed by atoms with van der Waals surface area (Å²) >= 11 is 0. The Bertz CT molecular complexity index is 873. The molecule has 138 valence electrons. The molecule has 0 spiro atoms. The van der Waals surface area contributed by atoms with Crippen molar-refractivity contribution in [2.75, 3.05) is 10.2 Å². The number of rotatable bonds is 7. The molecule has 1 N–H and O–H groups in total. The Kier molecular flexibility index (Phi) is 5.05. The summed E-state index contributed by atoms with van der Waals surface area (Å²) in [6.45, 7) is 5.17. The van der Waals surface area contributed by atoms with Crippen LogP contribution in [-0.2, 0) is 6.54 Å². The largest absolute Gasteiger partial charge is 0.367 e. The van der Waals surface area contributed by atoms with Crippen LogP contribution in [-0.4, -0.2) is 22.1 Å². The SMILES string of the molecule is CC(C)N(Cc1ccccc1)c1nc(NC2CC2)cc(-c2ccccc2)n1. The number of nitrogens with zero attached hydrogens (tertiary/aromatic N) is 3. The van der Waals surface area contributed by atoms with E-state index in [1.165, 1.54) is 18.4 Å². The fourth-order valence-electron chi connectivity index (χ4n) is 3.09. The van der Waals surface area contributed by atoms with Gasteiger partial charge in [-0.15, -0.1) is 0 Å². The molecule has 4 nitrogen and oxygen atoms in total. The van der Waals surface area contributed by atoms with E-state index in [4.69, 9.17) is 9.97 Å². The van der Waals surface area contributed by atoms with Crippen molar-refractivity contribution in [2.45, 2.75) is 45.3 Å². The van der Waals surface area contributed by atoms with E-state index in [1.807, 2.05) is 12.1 Å². The van der Waals surface area contributed by atoms with Crippen LogP contribution < -0.4 is 10.2 Å². The number of anilines is 2. The van der Waals surface area contributed by atoms with Crippen molar-refractivity contribution in [3.05, 3.63) is 72.3 Å². The Labute approximate surface area is 161 Å². The average Bonchev–Trinajstić information content (AvgIpc) is 3.51. The summed E-state index contributed by atoms with van der Waals surface area (Å²) in [6.07, 6.45) is 2.44. The summed E-state index contributed by atoms with van der Waals surface area (Å²) in [7, 11) is 0. The van der Waals surface area contributed by atoms with Crippen LogP contribution in [0.5, 0.6) is 0 Å². The number of nitrogens with one attached hydrogen (secondary N) is 1. The number of aromatic nitrogens is 2. The van der Waals surface area contributed by atoms with E-state index >= 15 is 0 Å². The van der Waals surface area contributed by atoms with Crippen LogP contribution in [0.3, 0.4) is 0 Å². The Morgan fingerprint density at radius 1 is 0.963 bits per heavy atom. The highest BCUT2D eigenvalue weighted by molar-refractivity contribution is 5.65. The lowest BCUT2D eigenvalue weighted by molar-refractivity contribution is 0.661. The van der Waals surface area contributed by atoms with Gasteiger partial charge in [0.1, 0.15) is 5.82 Å². The second-order valence-electron chi connectivity index (χ2n) is 7.43. The van der Waals surface area contributed by atoms with Gasteiger partial charge in [-0.3, -0.25) is 0 Å². The zero-order valence-corrected chi connectivity index (χ0v) is 16.0. The van der Waals surface area contributed by atoms with E-state index in [0.29, 0.717) is 12.1 Å². The van der Waals surface area contributed by atoms with Gasteiger partial charge in [-0.05, 0) is 32.3 Å². The maximum atomic E-state index is 4.92. The normalized spacial score (nSPS) is 13.6. The molecule has 0 amide bonds. The van der Waals surface area contributed by atoms with E-state index in [0.717, 1.165) is 29.6 Å². The summed E-state index contributed by atoms with van der Waals surface area (Å²) in [4.78, 5) is 12.0. The first-order valence-corrected chi connectivity index (χ1v) is 9.70. The predicted octanol–water partition coefficient (Wildman–Crippen LogP) is 5.13. The molecule has 1 saturated carbocycles. The van der Waals surface area contributed by atoms with E-state index in [2.05, 4.69) is 78.7 Å². The van der Waals surface area contributed by atoms with Gasteiger partial charge in [0.05, 0.1) is 5.69 Å². The third kappa shape index (κ3) is 4.45. The van der Waals surface area contributed by atoms with E-state index in [9.17, 15) is 0 Å². The minimum Gasteiger partial charge on any atom is -0.367 e. The molecule has 2 aromatic carbocycles. The van der Waals surface area contributed by atoms with Crippen molar-refractivity contribution in [1.29, 1.82) is 0 Å². The number of benzene rings is 2. The Morgan fingerprint density at radius 3 is 2.26 bits per heavy atom. The van der Waals surface area contributed by atoms with Gasteiger partial charge in [0.2, 0.25) is 5.95 Å². The Morgan fingerprint density at radius 2 is 1.63 bits per heavy atom. The fraction of sp³-hybridized carbons (Fsp3) is 0.304. The van der Waals surface area contributed by atoms with Crippen LogP contribution in [0.15, 0.2) is 66.7 Å². The Hall–Kier alpha value is -2.88. The summed E-state index contributed by atoms with van der Waals surface area (Å²) in [5, 5.41) is 3.55. The standard InChI is InChI=1S/C23H26N4/c1-17(2)27(16-18-9-5-3-6-10-18)23-25-21(19-11-7-4-8-12-19)15-22(26-23)24-20-13-14-20/h3-12,15,17,20H,13-14,16H2,1-2H3,(H,24,25,26). The molecule has 1 aromatic heterocycles. The van der Waals surface area contributed by atoms with Crippen molar-refractivity contribution in [3.8, 4) is 11.3 Å². The molecular formula is C23H26N4. The quantitative estimate of drug-likeness (QED) is 0.635. The van der Waals surface area contributed by atoms with Crippen molar-refractivity contribution in [2.24, 2.45) is 0 Å². The van der Waals surface area contributed by atoms with Gasteiger partial charge in [0.15, 0.2) is 0 Å². The third-order valence-corrected chi connectivity index (χ3v) is 4.79. The van der Waals surface area contributed by atoms with Crippen molar-refractivity contribution in [1.82, 2.24) is 9.97 Å². The average molecular weight is 358 g/mol. The zero-order valence-electron chi connectivity index (χ0n) is 16.0. The molecule has 3 aromatic rings. The topological polar surface area (TPSA) is 41.1 Å². The molecule has 0 radical (unpaired) electrons. The second-order valence-corrected chi connectivity index (χ2v) is 7.43.